The highest BCUT2D eigenvalue weighted by Gasteiger charge is 2.35. The van der Waals surface area contributed by atoms with Gasteiger partial charge < -0.3 is 23.8 Å². The lowest BCUT2D eigenvalue weighted by molar-refractivity contribution is 0.0141. The zero-order valence-corrected chi connectivity index (χ0v) is 29.7. The number of rotatable bonds is 10. The Hall–Kier alpha value is -2.96. The van der Waals surface area contributed by atoms with Gasteiger partial charge in [0.2, 0.25) is 10.0 Å². The number of halogens is 2. The summed E-state index contributed by atoms with van der Waals surface area (Å²) in [6.07, 6.45) is 0.551. The number of methoxy groups -OCH3 is 2. The first-order valence-electron chi connectivity index (χ1n) is 14.2. The maximum Gasteiger partial charge on any atom is 0.410 e. The summed E-state index contributed by atoms with van der Waals surface area (Å²) < 4.78 is 52.5. The largest absolute Gasteiger partial charge is 0.497 e. The molecule has 44 heavy (non-hydrogen) atoms. The molecule has 4 rings (SSSR count). The molecule has 0 saturated heterocycles. The van der Waals surface area contributed by atoms with E-state index in [0.717, 1.165) is 36.9 Å². The van der Waals surface area contributed by atoms with Crippen molar-refractivity contribution in [1.82, 2.24) is 4.90 Å². The lowest BCUT2D eigenvalue weighted by Gasteiger charge is -2.39. The number of carbonyl (C=O) groups excluding carboxylic acids is 1. The van der Waals surface area contributed by atoms with Crippen LogP contribution in [0, 0.1) is 0 Å². The van der Waals surface area contributed by atoms with Gasteiger partial charge in [0.05, 0.1) is 40.6 Å². The minimum Gasteiger partial charge on any atom is -0.497 e. The highest BCUT2D eigenvalue weighted by molar-refractivity contribution is 9.11. The zero-order valence-electron chi connectivity index (χ0n) is 25.7. The summed E-state index contributed by atoms with van der Waals surface area (Å²) in [4.78, 5) is 15.2. The maximum atomic E-state index is 13.5. The van der Waals surface area contributed by atoms with E-state index in [9.17, 15) is 13.2 Å². The molecule has 1 unspecified atom stereocenters. The third kappa shape index (κ3) is 8.39. The molecule has 0 saturated carbocycles. The molecule has 1 atom stereocenters. The smallest absolute Gasteiger partial charge is 0.410 e. The van der Waals surface area contributed by atoms with Crippen LogP contribution in [-0.2, 0) is 34.2 Å². The van der Waals surface area contributed by atoms with Gasteiger partial charge in [-0.1, -0.05) is 12.1 Å². The summed E-state index contributed by atoms with van der Waals surface area (Å²) in [7, 11) is -0.439. The van der Waals surface area contributed by atoms with Crippen molar-refractivity contribution >= 4 is 53.7 Å². The fourth-order valence-electron chi connectivity index (χ4n) is 4.96. The second-order valence-electron chi connectivity index (χ2n) is 11.4. The quantitative estimate of drug-likeness (QED) is 0.227. The Morgan fingerprint density at radius 3 is 2.23 bits per heavy atom. The Balaban J connectivity index is 1.78. The van der Waals surface area contributed by atoms with Crippen LogP contribution in [0.15, 0.2) is 57.5 Å². The van der Waals surface area contributed by atoms with E-state index in [2.05, 4.69) is 36.6 Å². The molecule has 3 aromatic carbocycles. The summed E-state index contributed by atoms with van der Waals surface area (Å²) in [5, 5.41) is 0. The molecule has 1 amide bonds. The average Bonchev–Trinajstić information content (AvgIpc) is 2.95. The van der Waals surface area contributed by atoms with Gasteiger partial charge in [0.1, 0.15) is 29.5 Å². The van der Waals surface area contributed by atoms with E-state index in [4.69, 9.17) is 18.9 Å². The fraction of sp³-hybridized carbons (Fsp3) is 0.406. The van der Waals surface area contributed by atoms with E-state index < -0.39 is 27.8 Å². The monoisotopic (exact) mass is 752 g/mol. The van der Waals surface area contributed by atoms with Crippen molar-refractivity contribution in [2.75, 3.05) is 31.2 Å². The lowest BCUT2D eigenvalue weighted by atomic mass is 9.88. The third-order valence-corrected chi connectivity index (χ3v) is 9.59. The maximum absolute atomic E-state index is 13.5. The molecule has 1 aliphatic heterocycles. The van der Waals surface area contributed by atoms with Crippen LogP contribution in [0.25, 0.3) is 0 Å². The first-order valence-corrected chi connectivity index (χ1v) is 17.4. The number of ether oxygens (including phenoxy) is 4. The van der Waals surface area contributed by atoms with Crippen LogP contribution < -0.4 is 18.9 Å². The van der Waals surface area contributed by atoms with Gasteiger partial charge in [-0.05, 0) is 131 Å². The van der Waals surface area contributed by atoms with E-state index in [-0.39, 0.29) is 12.4 Å². The molecular formula is C32H38Br2N2O7S. The van der Waals surface area contributed by atoms with Gasteiger partial charge in [0.25, 0.3) is 0 Å². The number of hydrogen-bond donors (Lipinski definition) is 1. The Bertz CT molecular complexity index is 1580. The third-order valence-electron chi connectivity index (χ3n) is 7.12. The number of nitrogens with zero attached hydrogens (tertiary/aromatic N) is 1. The molecule has 3 aromatic rings. The first kappa shape index (κ1) is 33.9. The standard InChI is InChI=1S/C32H38Br2N2O7S/c1-7-44(38,39)35-27-18-24-22(17-29(27)42-19-20-8-10-23(40-5)11-9-20)12-13-36(31(37)43-32(2,3)4)28(24)16-21-14-25(33)30(41-6)26(34)15-21/h8-11,14-15,17-18,28,35H,7,12-13,16,19H2,1-6H3. The van der Waals surface area contributed by atoms with Crippen LogP contribution in [-0.4, -0.2) is 51.5 Å². The Morgan fingerprint density at radius 2 is 1.66 bits per heavy atom. The normalized spacial score (nSPS) is 14.9. The molecule has 238 valence electrons. The molecule has 0 radical (unpaired) electrons. The molecule has 1 N–H and O–H groups in total. The molecule has 0 spiro atoms. The zero-order chi connectivity index (χ0) is 32.2. The number of nitrogens with one attached hydrogen (secondary N) is 1. The van der Waals surface area contributed by atoms with E-state index in [0.29, 0.717) is 36.6 Å². The molecule has 0 bridgehead atoms. The minimum atomic E-state index is -3.64. The van der Waals surface area contributed by atoms with Crippen molar-refractivity contribution in [2.24, 2.45) is 0 Å². The SMILES string of the molecule is CCS(=O)(=O)Nc1cc2c(cc1OCc1ccc(OC)cc1)CCN(C(=O)OC(C)(C)C)C2Cc1cc(Br)c(OC)c(Br)c1. The number of anilines is 1. The topological polar surface area (TPSA) is 103 Å². The molecule has 9 nitrogen and oxygen atoms in total. The summed E-state index contributed by atoms with van der Waals surface area (Å²) >= 11 is 7.17. The van der Waals surface area contributed by atoms with E-state index in [1.54, 1.807) is 32.1 Å². The van der Waals surface area contributed by atoms with Gasteiger partial charge in [-0.3, -0.25) is 4.72 Å². The lowest BCUT2D eigenvalue weighted by Crippen LogP contribution is -2.43. The molecule has 0 aliphatic carbocycles. The average molecular weight is 755 g/mol. The van der Waals surface area contributed by atoms with E-state index in [1.807, 2.05) is 63.2 Å². The molecule has 12 heteroatoms. The van der Waals surface area contributed by atoms with Crippen LogP contribution in [0.2, 0.25) is 0 Å². The van der Waals surface area contributed by atoms with E-state index >= 15 is 0 Å². The van der Waals surface area contributed by atoms with Crippen LogP contribution >= 0.6 is 31.9 Å². The van der Waals surface area contributed by atoms with E-state index in [1.165, 1.54) is 0 Å². The molecule has 0 aromatic heterocycles. The molecule has 1 heterocycles. The van der Waals surface area contributed by atoms with Crippen molar-refractivity contribution in [2.45, 2.75) is 58.8 Å². The number of hydrogen-bond acceptors (Lipinski definition) is 7. The highest BCUT2D eigenvalue weighted by Crippen LogP contribution is 2.42. The summed E-state index contributed by atoms with van der Waals surface area (Å²) in [5.74, 6) is 1.70. The number of sulfonamides is 1. The van der Waals surface area contributed by atoms with Crippen molar-refractivity contribution in [1.29, 1.82) is 0 Å². The first-order chi connectivity index (χ1) is 20.7. The molecular weight excluding hydrogens is 716 g/mol. The van der Waals surface area contributed by atoms with Crippen molar-refractivity contribution in [3.05, 3.63) is 79.7 Å². The molecule has 1 aliphatic rings. The Morgan fingerprint density at radius 1 is 1.00 bits per heavy atom. The Kier molecular flexibility index (Phi) is 10.8. The number of fused-ring (bicyclic) bond motifs is 1. The predicted molar refractivity (Wildman–Crippen MR) is 178 cm³/mol. The van der Waals surface area contributed by atoms with Crippen molar-refractivity contribution < 1.29 is 32.2 Å². The number of carbonyl (C=O) groups is 1. The van der Waals surface area contributed by atoms with Gasteiger partial charge >= 0.3 is 6.09 Å². The van der Waals surface area contributed by atoms with Crippen LogP contribution in [0.5, 0.6) is 17.2 Å². The summed E-state index contributed by atoms with van der Waals surface area (Å²) in [6, 6.07) is 14.6. The van der Waals surface area contributed by atoms with Crippen LogP contribution in [0.3, 0.4) is 0 Å². The Labute approximate surface area is 276 Å². The van der Waals surface area contributed by atoms with Gasteiger partial charge in [0.15, 0.2) is 0 Å². The summed E-state index contributed by atoms with van der Waals surface area (Å²) in [6.45, 7) is 7.72. The summed E-state index contributed by atoms with van der Waals surface area (Å²) in [5.41, 5.74) is 3.24. The second kappa shape index (κ2) is 14.0. The van der Waals surface area contributed by atoms with Gasteiger partial charge in [-0.15, -0.1) is 0 Å². The van der Waals surface area contributed by atoms with Gasteiger partial charge in [-0.25, -0.2) is 13.2 Å². The highest BCUT2D eigenvalue weighted by atomic mass is 79.9. The minimum absolute atomic E-state index is 0.108. The number of benzene rings is 3. The second-order valence-corrected chi connectivity index (χ2v) is 15.1. The number of amides is 1. The molecule has 0 fully saturated rings. The van der Waals surface area contributed by atoms with Gasteiger partial charge in [-0.2, -0.15) is 0 Å². The van der Waals surface area contributed by atoms with Gasteiger partial charge in [0, 0.05) is 6.54 Å². The van der Waals surface area contributed by atoms with Crippen molar-refractivity contribution in [3.8, 4) is 17.2 Å². The van der Waals surface area contributed by atoms with Crippen LogP contribution in [0.4, 0.5) is 10.5 Å². The fourth-order valence-corrected chi connectivity index (χ4v) is 7.20. The van der Waals surface area contributed by atoms with Crippen LogP contribution in [0.1, 0.15) is 56.0 Å². The van der Waals surface area contributed by atoms with Crippen molar-refractivity contribution in [3.63, 3.8) is 0 Å². The predicted octanol–water partition coefficient (Wildman–Crippen LogP) is 7.65.